The van der Waals surface area contributed by atoms with Crippen molar-refractivity contribution in [2.75, 3.05) is 11.9 Å². The van der Waals surface area contributed by atoms with Crippen molar-refractivity contribution >= 4 is 11.6 Å². The Kier molecular flexibility index (Phi) is 5.62. The first-order valence-corrected chi connectivity index (χ1v) is 8.77. The van der Waals surface area contributed by atoms with Gasteiger partial charge in [-0.2, -0.15) is 0 Å². The topological polar surface area (TPSA) is 71.7 Å². The molecule has 1 amide bonds. The molecule has 27 heavy (non-hydrogen) atoms. The van der Waals surface area contributed by atoms with Gasteiger partial charge in [-0.15, -0.1) is 0 Å². The molecule has 0 atom stereocenters. The number of amides is 1. The van der Waals surface area contributed by atoms with E-state index >= 15 is 0 Å². The van der Waals surface area contributed by atoms with Crippen molar-refractivity contribution in [1.82, 2.24) is 0 Å². The third kappa shape index (κ3) is 4.57. The van der Waals surface area contributed by atoms with Crippen LogP contribution in [0, 0.1) is 20.8 Å². The van der Waals surface area contributed by atoms with E-state index in [2.05, 4.69) is 5.32 Å². The Balaban J connectivity index is 1.63. The maximum absolute atomic E-state index is 12.2. The quantitative estimate of drug-likeness (QED) is 0.680. The average Bonchev–Trinajstić information content (AvgIpc) is 3.10. The van der Waals surface area contributed by atoms with Crippen LogP contribution in [0.1, 0.15) is 22.5 Å². The Morgan fingerprint density at radius 2 is 1.85 bits per heavy atom. The fraction of sp³-hybridized carbons (Fsp3) is 0.227. The van der Waals surface area contributed by atoms with Crippen molar-refractivity contribution < 1.29 is 19.1 Å². The zero-order chi connectivity index (χ0) is 19.4. The van der Waals surface area contributed by atoms with Gasteiger partial charge in [0.1, 0.15) is 23.9 Å². The highest BCUT2D eigenvalue weighted by Crippen LogP contribution is 2.28. The summed E-state index contributed by atoms with van der Waals surface area (Å²) in [5.74, 6) is 1.69. The first kappa shape index (κ1) is 18.7. The van der Waals surface area contributed by atoms with Gasteiger partial charge in [-0.3, -0.25) is 4.79 Å². The Bertz CT molecular complexity index is 959. The summed E-state index contributed by atoms with van der Waals surface area (Å²) in [6.45, 7) is 5.73. The van der Waals surface area contributed by atoms with E-state index in [0.717, 1.165) is 22.3 Å². The van der Waals surface area contributed by atoms with Crippen molar-refractivity contribution in [3.8, 4) is 17.1 Å². The smallest absolute Gasteiger partial charge is 0.262 e. The number of aliphatic hydroxyl groups excluding tert-OH is 1. The van der Waals surface area contributed by atoms with Crippen LogP contribution in [-0.2, 0) is 11.4 Å². The van der Waals surface area contributed by atoms with Crippen molar-refractivity contribution in [3.63, 3.8) is 0 Å². The second-order valence-corrected chi connectivity index (χ2v) is 6.56. The molecule has 0 saturated heterocycles. The summed E-state index contributed by atoms with van der Waals surface area (Å²) >= 11 is 0. The summed E-state index contributed by atoms with van der Waals surface area (Å²) in [6, 6.07) is 15.0. The van der Waals surface area contributed by atoms with Gasteiger partial charge in [0.15, 0.2) is 6.61 Å². The van der Waals surface area contributed by atoms with Crippen LogP contribution in [0.5, 0.6) is 5.75 Å². The SMILES string of the molecule is Cc1ccc(OCC(=O)Nc2ccc(-c3ccc(CO)o3)c(C)c2)c(C)c1. The highest BCUT2D eigenvalue weighted by molar-refractivity contribution is 5.92. The van der Waals surface area contributed by atoms with Gasteiger partial charge < -0.3 is 19.6 Å². The molecule has 0 unspecified atom stereocenters. The summed E-state index contributed by atoms with van der Waals surface area (Å²) in [5, 5.41) is 12.0. The molecule has 1 aromatic heterocycles. The predicted octanol–water partition coefficient (Wildman–Crippen LogP) is 4.38. The van der Waals surface area contributed by atoms with Gasteiger partial charge in [-0.1, -0.05) is 17.7 Å². The Hall–Kier alpha value is -3.05. The minimum absolute atomic E-state index is 0.0528. The lowest BCUT2D eigenvalue weighted by molar-refractivity contribution is -0.118. The van der Waals surface area contributed by atoms with E-state index in [1.807, 2.05) is 63.2 Å². The number of ether oxygens (including phenoxy) is 1. The molecule has 0 aliphatic heterocycles. The minimum Gasteiger partial charge on any atom is -0.483 e. The van der Waals surface area contributed by atoms with Gasteiger partial charge in [-0.05, 0) is 68.3 Å². The Morgan fingerprint density at radius 3 is 2.52 bits per heavy atom. The molecule has 0 spiro atoms. The number of rotatable bonds is 6. The third-order valence-electron chi connectivity index (χ3n) is 4.28. The summed E-state index contributed by atoms with van der Waals surface area (Å²) in [4.78, 5) is 12.2. The maximum atomic E-state index is 12.2. The fourth-order valence-electron chi connectivity index (χ4n) is 2.93. The Labute approximate surface area is 158 Å². The van der Waals surface area contributed by atoms with Crippen molar-refractivity contribution in [2.45, 2.75) is 27.4 Å². The first-order chi connectivity index (χ1) is 13.0. The molecule has 5 nitrogen and oxygen atoms in total. The molecule has 3 rings (SSSR count). The van der Waals surface area contributed by atoms with Gasteiger partial charge in [0.05, 0.1) is 0 Å². The van der Waals surface area contributed by atoms with Gasteiger partial charge in [0.2, 0.25) is 0 Å². The number of furan rings is 1. The lowest BCUT2D eigenvalue weighted by atomic mass is 10.1. The molecule has 0 saturated carbocycles. The number of carbonyl (C=O) groups excluding carboxylic acids is 1. The summed E-state index contributed by atoms with van der Waals surface area (Å²) < 4.78 is 11.2. The van der Waals surface area contributed by atoms with E-state index in [1.165, 1.54) is 0 Å². The summed E-state index contributed by atoms with van der Waals surface area (Å²) in [7, 11) is 0. The van der Waals surface area contributed by atoms with Crippen LogP contribution in [-0.4, -0.2) is 17.6 Å². The number of nitrogens with one attached hydrogen (secondary N) is 1. The summed E-state index contributed by atoms with van der Waals surface area (Å²) in [5.41, 5.74) is 4.73. The van der Waals surface area contributed by atoms with Crippen LogP contribution in [0.25, 0.3) is 11.3 Å². The number of carbonyl (C=O) groups is 1. The van der Waals surface area contributed by atoms with Gasteiger partial charge in [-0.25, -0.2) is 0 Å². The van der Waals surface area contributed by atoms with E-state index in [4.69, 9.17) is 14.3 Å². The minimum atomic E-state index is -0.220. The van der Waals surface area contributed by atoms with Gasteiger partial charge in [0, 0.05) is 11.3 Å². The molecule has 0 radical (unpaired) electrons. The van der Waals surface area contributed by atoms with Crippen molar-refractivity contribution in [2.24, 2.45) is 0 Å². The van der Waals surface area contributed by atoms with Crippen LogP contribution in [0.3, 0.4) is 0 Å². The van der Waals surface area contributed by atoms with Crippen LogP contribution in [0.2, 0.25) is 0 Å². The third-order valence-corrected chi connectivity index (χ3v) is 4.28. The number of aryl methyl sites for hydroxylation is 3. The van der Waals surface area contributed by atoms with E-state index in [9.17, 15) is 4.79 Å². The van der Waals surface area contributed by atoms with Crippen LogP contribution >= 0.6 is 0 Å². The highest BCUT2D eigenvalue weighted by Gasteiger charge is 2.10. The van der Waals surface area contributed by atoms with Gasteiger partial charge in [0.25, 0.3) is 5.91 Å². The molecule has 1 heterocycles. The highest BCUT2D eigenvalue weighted by atomic mass is 16.5. The normalized spacial score (nSPS) is 10.7. The molecule has 0 aliphatic rings. The molecular weight excluding hydrogens is 342 g/mol. The summed E-state index contributed by atoms with van der Waals surface area (Å²) in [6.07, 6.45) is 0. The average molecular weight is 365 g/mol. The molecule has 3 aromatic rings. The van der Waals surface area contributed by atoms with E-state index in [0.29, 0.717) is 23.0 Å². The molecule has 2 aromatic carbocycles. The largest absolute Gasteiger partial charge is 0.483 e. The van der Waals surface area contributed by atoms with Crippen LogP contribution < -0.4 is 10.1 Å². The number of aliphatic hydroxyl groups is 1. The molecule has 0 bridgehead atoms. The monoisotopic (exact) mass is 365 g/mol. The standard InChI is InChI=1S/C22H23NO4/c1-14-4-8-20(16(3)10-14)26-13-22(25)23-17-5-7-19(15(2)11-17)21-9-6-18(12-24)27-21/h4-11,24H,12-13H2,1-3H3,(H,23,25). The second-order valence-electron chi connectivity index (χ2n) is 6.56. The number of hydrogen-bond acceptors (Lipinski definition) is 4. The molecule has 140 valence electrons. The van der Waals surface area contributed by atoms with Crippen molar-refractivity contribution in [3.05, 3.63) is 71.0 Å². The zero-order valence-corrected chi connectivity index (χ0v) is 15.7. The molecular formula is C22H23NO4. The van der Waals surface area contributed by atoms with Crippen LogP contribution in [0.15, 0.2) is 52.9 Å². The van der Waals surface area contributed by atoms with E-state index in [1.54, 1.807) is 6.07 Å². The fourth-order valence-corrected chi connectivity index (χ4v) is 2.93. The lowest BCUT2D eigenvalue weighted by Crippen LogP contribution is -2.20. The number of anilines is 1. The predicted molar refractivity (Wildman–Crippen MR) is 105 cm³/mol. The Morgan fingerprint density at radius 1 is 1.04 bits per heavy atom. The van der Waals surface area contributed by atoms with Crippen LogP contribution in [0.4, 0.5) is 5.69 Å². The van der Waals surface area contributed by atoms with E-state index in [-0.39, 0.29) is 19.1 Å². The molecule has 0 aliphatic carbocycles. The molecule has 2 N–H and O–H groups in total. The maximum Gasteiger partial charge on any atom is 0.262 e. The van der Waals surface area contributed by atoms with Crippen molar-refractivity contribution in [1.29, 1.82) is 0 Å². The lowest BCUT2D eigenvalue weighted by Gasteiger charge is -2.11. The second kappa shape index (κ2) is 8.10. The van der Waals surface area contributed by atoms with Gasteiger partial charge >= 0.3 is 0 Å². The first-order valence-electron chi connectivity index (χ1n) is 8.77. The number of benzene rings is 2. The molecule has 5 heteroatoms. The number of hydrogen-bond donors (Lipinski definition) is 2. The zero-order valence-electron chi connectivity index (χ0n) is 15.7. The van der Waals surface area contributed by atoms with E-state index < -0.39 is 0 Å². The molecule has 0 fully saturated rings.